The van der Waals surface area contributed by atoms with Crippen LogP contribution in [0.1, 0.15) is 10.4 Å². The molecule has 0 saturated carbocycles. The fraction of sp³-hybridized carbons (Fsp3) is 0.333. The Balaban J connectivity index is 1.99. The molecule has 18 heavy (non-hydrogen) atoms. The van der Waals surface area contributed by atoms with Gasteiger partial charge in [0.25, 0.3) is 5.91 Å². The second kappa shape index (κ2) is 5.45. The summed E-state index contributed by atoms with van der Waals surface area (Å²) >= 11 is 1.16. The summed E-state index contributed by atoms with van der Waals surface area (Å²) < 4.78 is 5.65. The third-order valence-electron chi connectivity index (χ3n) is 2.27. The highest BCUT2D eigenvalue weighted by molar-refractivity contribution is 7.11. The summed E-state index contributed by atoms with van der Waals surface area (Å²) in [6.07, 6.45) is 3.38. The molecule has 4 N–H and O–H groups in total. The zero-order valence-corrected chi connectivity index (χ0v) is 10.6. The maximum Gasteiger partial charge on any atom is 0.257 e. The van der Waals surface area contributed by atoms with E-state index in [1.165, 1.54) is 0 Å². The summed E-state index contributed by atoms with van der Waals surface area (Å²) in [5.74, 6) is -0.00730. The molecule has 0 atom stereocenters. The number of nitrogens with zero attached hydrogens (tertiary/aromatic N) is 4. The first-order valence-corrected chi connectivity index (χ1v) is 6.05. The van der Waals surface area contributed by atoms with Crippen LogP contribution in [0.15, 0.2) is 12.4 Å². The van der Waals surface area contributed by atoms with Crippen molar-refractivity contribution in [1.82, 2.24) is 24.7 Å². The maximum atomic E-state index is 11.6. The van der Waals surface area contributed by atoms with Gasteiger partial charge in [-0.2, -0.15) is 4.37 Å². The number of carbonyl (C=O) groups excluding carboxylic acids is 1. The first-order valence-electron chi connectivity index (χ1n) is 5.27. The van der Waals surface area contributed by atoms with Gasteiger partial charge in [0.15, 0.2) is 5.82 Å². The Bertz CT molecular complexity index is 521. The van der Waals surface area contributed by atoms with E-state index in [4.69, 9.17) is 5.73 Å². The molecule has 2 rings (SSSR count). The molecule has 2 aromatic rings. The molecule has 9 heteroatoms. The fourth-order valence-electron chi connectivity index (χ4n) is 1.40. The zero-order valence-electron chi connectivity index (χ0n) is 9.75. The molecule has 0 aliphatic heterocycles. The number of carbonyl (C=O) groups is 1. The second-order valence-corrected chi connectivity index (χ2v) is 4.22. The molecule has 2 aromatic heterocycles. The molecular weight excluding hydrogens is 254 g/mol. The lowest BCUT2D eigenvalue weighted by Gasteiger charge is -2.05. The average molecular weight is 267 g/mol. The van der Waals surface area contributed by atoms with E-state index >= 15 is 0 Å². The highest BCUT2D eigenvalue weighted by atomic mass is 32.1. The van der Waals surface area contributed by atoms with E-state index < -0.39 is 0 Å². The summed E-state index contributed by atoms with van der Waals surface area (Å²) in [5, 5.41) is 13.8. The largest absolute Gasteiger partial charge is 0.382 e. The molecule has 0 spiro atoms. The monoisotopic (exact) mass is 267 g/mol. The van der Waals surface area contributed by atoms with Gasteiger partial charge in [0.2, 0.25) is 0 Å². The first-order chi connectivity index (χ1) is 8.72. The molecule has 0 fully saturated rings. The standard InChI is InChI=1S/C9H13N7OS/c1-11-8(17)6-7(10)14-18-9(6)12-2-4-16-5-3-13-15-16/h3,5,12H,2,4H2,1H3,(H2,10,14)(H,11,17). The Labute approximate surface area is 107 Å². The van der Waals surface area contributed by atoms with E-state index in [1.807, 2.05) is 0 Å². The van der Waals surface area contributed by atoms with Crippen molar-refractivity contribution < 1.29 is 4.79 Å². The van der Waals surface area contributed by atoms with Gasteiger partial charge in [-0.1, -0.05) is 5.21 Å². The van der Waals surface area contributed by atoms with Crippen molar-refractivity contribution >= 4 is 28.3 Å². The molecule has 0 saturated heterocycles. The molecular formula is C9H13N7OS. The molecule has 0 radical (unpaired) electrons. The molecule has 96 valence electrons. The summed E-state index contributed by atoms with van der Waals surface area (Å²) in [6, 6.07) is 0. The minimum Gasteiger partial charge on any atom is -0.382 e. The lowest BCUT2D eigenvalue weighted by Crippen LogP contribution is -2.20. The van der Waals surface area contributed by atoms with Gasteiger partial charge in [-0.05, 0) is 11.5 Å². The highest BCUT2D eigenvalue weighted by Gasteiger charge is 2.17. The molecule has 0 aliphatic rings. The number of nitrogens with two attached hydrogens (primary N) is 1. The fourth-order valence-corrected chi connectivity index (χ4v) is 2.14. The van der Waals surface area contributed by atoms with Crippen LogP contribution in [0.4, 0.5) is 10.8 Å². The van der Waals surface area contributed by atoms with Crippen LogP contribution in [0.3, 0.4) is 0 Å². The second-order valence-electron chi connectivity index (χ2n) is 3.44. The van der Waals surface area contributed by atoms with Gasteiger partial charge in [-0.25, -0.2) is 0 Å². The summed E-state index contributed by atoms with van der Waals surface area (Å²) in [5.41, 5.74) is 6.04. The number of hydrogen-bond donors (Lipinski definition) is 3. The molecule has 0 bridgehead atoms. The van der Waals surface area contributed by atoms with Crippen molar-refractivity contribution in [3.8, 4) is 0 Å². The first kappa shape index (κ1) is 12.3. The third-order valence-corrected chi connectivity index (χ3v) is 3.09. The lowest BCUT2D eigenvalue weighted by atomic mass is 10.3. The Morgan fingerprint density at radius 3 is 3.11 bits per heavy atom. The summed E-state index contributed by atoms with van der Waals surface area (Å²) in [4.78, 5) is 11.6. The van der Waals surface area contributed by atoms with Crippen LogP contribution in [0, 0.1) is 0 Å². The van der Waals surface area contributed by atoms with Crippen LogP contribution in [-0.4, -0.2) is 38.9 Å². The van der Waals surface area contributed by atoms with Gasteiger partial charge in [0.05, 0.1) is 12.7 Å². The van der Waals surface area contributed by atoms with Gasteiger partial charge >= 0.3 is 0 Å². The van der Waals surface area contributed by atoms with E-state index in [9.17, 15) is 4.79 Å². The predicted molar refractivity (Wildman–Crippen MR) is 68.4 cm³/mol. The quantitative estimate of drug-likeness (QED) is 0.691. The summed E-state index contributed by atoms with van der Waals surface area (Å²) in [6.45, 7) is 1.25. The topological polar surface area (TPSA) is 111 Å². The number of anilines is 2. The molecule has 8 nitrogen and oxygen atoms in total. The van der Waals surface area contributed by atoms with Crippen LogP contribution >= 0.6 is 11.5 Å². The van der Waals surface area contributed by atoms with Gasteiger partial charge in [0, 0.05) is 19.8 Å². The molecule has 2 heterocycles. The minimum atomic E-state index is -0.246. The van der Waals surface area contributed by atoms with Crippen LogP contribution < -0.4 is 16.4 Å². The van der Waals surface area contributed by atoms with Crippen molar-refractivity contribution in [2.45, 2.75) is 6.54 Å². The third kappa shape index (κ3) is 2.56. The average Bonchev–Trinajstić information content (AvgIpc) is 2.99. The van der Waals surface area contributed by atoms with Crippen molar-refractivity contribution in [2.24, 2.45) is 0 Å². The number of nitrogen functional groups attached to an aromatic ring is 1. The molecule has 0 aliphatic carbocycles. The van der Waals surface area contributed by atoms with Crippen LogP contribution in [0.2, 0.25) is 0 Å². The van der Waals surface area contributed by atoms with Crippen molar-refractivity contribution in [3.63, 3.8) is 0 Å². The lowest BCUT2D eigenvalue weighted by molar-refractivity contribution is 0.0965. The number of hydrogen-bond acceptors (Lipinski definition) is 7. The van der Waals surface area contributed by atoms with Crippen molar-refractivity contribution in [3.05, 3.63) is 18.0 Å². The molecule has 1 amide bonds. The number of rotatable bonds is 5. The highest BCUT2D eigenvalue weighted by Crippen LogP contribution is 2.26. The normalized spacial score (nSPS) is 10.3. The minimum absolute atomic E-state index is 0.239. The van der Waals surface area contributed by atoms with E-state index in [2.05, 4.69) is 25.3 Å². The van der Waals surface area contributed by atoms with Gasteiger partial charge in [0.1, 0.15) is 10.6 Å². The van der Waals surface area contributed by atoms with Crippen LogP contribution in [-0.2, 0) is 6.54 Å². The Hall–Kier alpha value is -2.16. The van der Waals surface area contributed by atoms with E-state index in [-0.39, 0.29) is 11.7 Å². The van der Waals surface area contributed by atoms with Crippen LogP contribution in [0.5, 0.6) is 0 Å². The molecule has 0 aromatic carbocycles. The van der Waals surface area contributed by atoms with Gasteiger partial charge < -0.3 is 16.4 Å². The Kier molecular flexibility index (Phi) is 3.72. The smallest absolute Gasteiger partial charge is 0.257 e. The Morgan fingerprint density at radius 1 is 1.61 bits per heavy atom. The number of amides is 1. The van der Waals surface area contributed by atoms with Gasteiger partial charge in [-0.3, -0.25) is 9.48 Å². The predicted octanol–water partition coefficient (Wildman–Crippen LogP) is -0.212. The maximum absolute atomic E-state index is 11.6. The summed E-state index contributed by atoms with van der Waals surface area (Å²) in [7, 11) is 1.55. The SMILES string of the molecule is CNC(=O)c1c(N)nsc1NCCn1ccnn1. The number of aromatic nitrogens is 4. The molecule has 0 unspecified atom stereocenters. The number of nitrogens with one attached hydrogen (secondary N) is 2. The van der Waals surface area contributed by atoms with E-state index in [0.29, 0.717) is 23.7 Å². The van der Waals surface area contributed by atoms with E-state index in [0.717, 1.165) is 11.5 Å². The van der Waals surface area contributed by atoms with Crippen molar-refractivity contribution in [1.29, 1.82) is 0 Å². The van der Waals surface area contributed by atoms with Gasteiger partial charge in [-0.15, -0.1) is 5.10 Å². The zero-order chi connectivity index (χ0) is 13.0. The Morgan fingerprint density at radius 2 is 2.44 bits per heavy atom. The van der Waals surface area contributed by atoms with Crippen LogP contribution in [0.25, 0.3) is 0 Å². The van der Waals surface area contributed by atoms with E-state index in [1.54, 1.807) is 24.1 Å². The van der Waals surface area contributed by atoms with Crippen molar-refractivity contribution in [2.75, 3.05) is 24.6 Å².